The second-order valence-corrected chi connectivity index (χ2v) is 4.03. The summed E-state index contributed by atoms with van der Waals surface area (Å²) in [5.74, 6) is -1.06. The average molecular weight is 224 g/mol. The summed E-state index contributed by atoms with van der Waals surface area (Å²) in [6.45, 7) is 2.84. The normalized spacial score (nSPS) is 15.3. The molecule has 0 aromatic rings. The molecule has 3 N–H and O–H groups in total. The lowest BCUT2D eigenvalue weighted by atomic mass is 10.2. The molecule has 7 heteroatoms. The highest BCUT2D eigenvalue weighted by Gasteiger charge is 2.18. The molecule has 0 aromatic heterocycles. The van der Waals surface area contributed by atoms with Crippen molar-refractivity contribution in [3.05, 3.63) is 11.6 Å². The molecule has 82 valence electrons. The summed E-state index contributed by atoms with van der Waals surface area (Å²) >= 11 is 0. The fraction of sp³-hybridized carbons (Fsp3) is 0.571. The number of carboxylic acid groups (broad SMARTS) is 1. The highest BCUT2D eigenvalue weighted by molar-refractivity contribution is 7.46. The minimum Gasteiger partial charge on any atom is -0.478 e. The third-order valence-electron chi connectivity index (χ3n) is 1.41. The Morgan fingerprint density at radius 3 is 2.43 bits per heavy atom. The molecule has 0 aromatic carbocycles. The molecule has 1 atom stereocenters. The lowest BCUT2D eigenvalue weighted by Gasteiger charge is -2.11. The van der Waals surface area contributed by atoms with Gasteiger partial charge in [-0.1, -0.05) is 6.08 Å². The predicted octanol–water partition coefficient (Wildman–Crippen LogP) is 0.905. The fourth-order valence-corrected chi connectivity index (χ4v) is 1.26. The Bertz CT molecular complexity index is 278. The van der Waals surface area contributed by atoms with E-state index in [1.807, 2.05) is 0 Å². The van der Waals surface area contributed by atoms with Crippen LogP contribution in [0.1, 0.15) is 20.3 Å². The van der Waals surface area contributed by atoms with Gasteiger partial charge in [0.15, 0.2) is 0 Å². The number of rotatable bonds is 5. The molecule has 0 aliphatic carbocycles. The van der Waals surface area contributed by atoms with Crippen LogP contribution in [0.4, 0.5) is 0 Å². The number of phosphoric acid groups is 1. The van der Waals surface area contributed by atoms with Gasteiger partial charge in [0.2, 0.25) is 0 Å². The van der Waals surface area contributed by atoms with E-state index >= 15 is 0 Å². The molecule has 0 heterocycles. The van der Waals surface area contributed by atoms with E-state index in [2.05, 4.69) is 4.52 Å². The highest BCUT2D eigenvalue weighted by atomic mass is 31.2. The summed E-state index contributed by atoms with van der Waals surface area (Å²) in [4.78, 5) is 27.2. The zero-order valence-corrected chi connectivity index (χ0v) is 8.77. The van der Waals surface area contributed by atoms with E-state index < -0.39 is 19.9 Å². The zero-order valence-electron chi connectivity index (χ0n) is 7.88. The quantitative estimate of drug-likeness (QED) is 0.473. The minimum absolute atomic E-state index is 0.117. The van der Waals surface area contributed by atoms with Gasteiger partial charge in [0.05, 0.1) is 6.10 Å². The van der Waals surface area contributed by atoms with Crippen LogP contribution in [0.2, 0.25) is 0 Å². The van der Waals surface area contributed by atoms with Crippen LogP contribution in [0.5, 0.6) is 0 Å². The average Bonchev–Trinajstić information content (AvgIpc) is 1.96. The van der Waals surface area contributed by atoms with Crippen molar-refractivity contribution in [3.63, 3.8) is 0 Å². The molecule has 14 heavy (non-hydrogen) atoms. The van der Waals surface area contributed by atoms with E-state index in [0.717, 1.165) is 0 Å². The third kappa shape index (κ3) is 6.80. The predicted molar refractivity (Wildman–Crippen MR) is 48.6 cm³/mol. The first kappa shape index (κ1) is 13.3. The van der Waals surface area contributed by atoms with Crippen molar-refractivity contribution in [2.45, 2.75) is 26.4 Å². The SMILES string of the molecule is C/C(=C\CC(C)OP(=O)(O)O)C(=O)O. The van der Waals surface area contributed by atoms with Crippen molar-refractivity contribution in [3.8, 4) is 0 Å². The molecular formula is C7H13O6P. The Kier molecular flexibility index (Phi) is 5.01. The summed E-state index contributed by atoms with van der Waals surface area (Å²) in [5.41, 5.74) is 0.117. The van der Waals surface area contributed by atoms with E-state index in [4.69, 9.17) is 14.9 Å². The maximum atomic E-state index is 10.4. The van der Waals surface area contributed by atoms with Crippen LogP contribution < -0.4 is 0 Å². The Hall–Kier alpha value is -0.680. The summed E-state index contributed by atoms with van der Waals surface area (Å²) in [6.07, 6.45) is 0.774. The molecule has 0 spiro atoms. The first-order chi connectivity index (χ1) is 6.22. The van der Waals surface area contributed by atoms with Crippen LogP contribution in [-0.2, 0) is 13.9 Å². The number of aliphatic carboxylic acids is 1. The Morgan fingerprint density at radius 1 is 1.57 bits per heavy atom. The Labute approximate surface area is 81.4 Å². The molecule has 0 radical (unpaired) electrons. The lowest BCUT2D eigenvalue weighted by molar-refractivity contribution is -0.132. The van der Waals surface area contributed by atoms with Crippen molar-refractivity contribution in [2.24, 2.45) is 0 Å². The minimum atomic E-state index is -4.48. The van der Waals surface area contributed by atoms with E-state index in [-0.39, 0.29) is 12.0 Å². The molecule has 0 bridgehead atoms. The van der Waals surface area contributed by atoms with Crippen molar-refractivity contribution >= 4 is 13.8 Å². The van der Waals surface area contributed by atoms with E-state index in [9.17, 15) is 9.36 Å². The number of carboxylic acids is 1. The first-order valence-corrected chi connectivity index (χ1v) is 5.39. The summed E-state index contributed by atoms with van der Waals surface area (Å²) in [5, 5.41) is 8.46. The molecule has 0 amide bonds. The molecule has 0 rings (SSSR count). The van der Waals surface area contributed by atoms with Gasteiger partial charge >= 0.3 is 13.8 Å². The van der Waals surface area contributed by atoms with Gasteiger partial charge in [-0.2, -0.15) is 0 Å². The van der Waals surface area contributed by atoms with Crippen molar-refractivity contribution in [2.75, 3.05) is 0 Å². The molecular weight excluding hydrogens is 211 g/mol. The molecule has 0 saturated heterocycles. The number of hydrogen-bond acceptors (Lipinski definition) is 3. The van der Waals surface area contributed by atoms with Gasteiger partial charge in [0.25, 0.3) is 0 Å². The molecule has 0 aliphatic rings. The van der Waals surface area contributed by atoms with Crippen LogP contribution in [0.25, 0.3) is 0 Å². The standard InChI is InChI=1S/C7H13O6P/c1-5(7(8)9)3-4-6(2)13-14(10,11)12/h3,6H,4H2,1-2H3,(H,8,9)(H2,10,11,12)/b5-3+. The third-order valence-corrected chi connectivity index (χ3v) is 2.05. The maximum absolute atomic E-state index is 10.4. The largest absolute Gasteiger partial charge is 0.478 e. The number of carbonyl (C=O) groups is 1. The topological polar surface area (TPSA) is 104 Å². The van der Waals surface area contributed by atoms with Crippen molar-refractivity contribution < 1.29 is 28.8 Å². The van der Waals surface area contributed by atoms with Gasteiger partial charge < -0.3 is 14.9 Å². The first-order valence-electron chi connectivity index (χ1n) is 3.86. The van der Waals surface area contributed by atoms with Gasteiger partial charge in [-0.3, -0.25) is 4.52 Å². The Morgan fingerprint density at radius 2 is 2.07 bits per heavy atom. The molecule has 0 aliphatic heterocycles. The second-order valence-electron chi connectivity index (χ2n) is 2.83. The van der Waals surface area contributed by atoms with Crippen LogP contribution >= 0.6 is 7.82 Å². The molecule has 0 fully saturated rings. The van der Waals surface area contributed by atoms with Crippen LogP contribution in [0.15, 0.2) is 11.6 Å². The molecule has 0 saturated carbocycles. The van der Waals surface area contributed by atoms with E-state index in [1.54, 1.807) is 0 Å². The number of phosphoric ester groups is 1. The van der Waals surface area contributed by atoms with Crippen molar-refractivity contribution in [1.82, 2.24) is 0 Å². The maximum Gasteiger partial charge on any atom is 0.469 e. The van der Waals surface area contributed by atoms with Gasteiger partial charge in [-0.05, 0) is 20.3 Å². The molecule has 1 unspecified atom stereocenters. The summed E-state index contributed by atoms with van der Waals surface area (Å²) in [6, 6.07) is 0. The summed E-state index contributed by atoms with van der Waals surface area (Å²) in [7, 11) is -4.48. The monoisotopic (exact) mass is 224 g/mol. The van der Waals surface area contributed by atoms with Crippen LogP contribution in [-0.4, -0.2) is 27.0 Å². The van der Waals surface area contributed by atoms with Gasteiger partial charge in [-0.25, -0.2) is 9.36 Å². The smallest absolute Gasteiger partial charge is 0.469 e. The van der Waals surface area contributed by atoms with E-state index in [1.165, 1.54) is 19.9 Å². The second kappa shape index (κ2) is 5.26. The van der Waals surface area contributed by atoms with Gasteiger partial charge in [-0.15, -0.1) is 0 Å². The number of hydrogen-bond donors (Lipinski definition) is 3. The van der Waals surface area contributed by atoms with Crippen LogP contribution in [0.3, 0.4) is 0 Å². The van der Waals surface area contributed by atoms with Crippen LogP contribution in [0, 0.1) is 0 Å². The highest BCUT2D eigenvalue weighted by Crippen LogP contribution is 2.38. The Balaban J connectivity index is 4.09. The zero-order chi connectivity index (χ0) is 11.4. The van der Waals surface area contributed by atoms with Crippen molar-refractivity contribution in [1.29, 1.82) is 0 Å². The fourth-order valence-electron chi connectivity index (χ4n) is 0.707. The van der Waals surface area contributed by atoms with Gasteiger partial charge in [0, 0.05) is 5.57 Å². The summed E-state index contributed by atoms with van der Waals surface area (Å²) < 4.78 is 14.7. The van der Waals surface area contributed by atoms with Gasteiger partial charge in [0.1, 0.15) is 0 Å². The lowest BCUT2D eigenvalue weighted by Crippen LogP contribution is -2.06. The molecule has 6 nitrogen and oxygen atoms in total. The van der Waals surface area contributed by atoms with E-state index in [0.29, 0.717) is 0 Å².